The zero-order chi connectivity index (χ0) is 17.3. The fraction of sp³-hybridized carbons (Fsp3) is 0.500. The molecule has 2 amide bonds. The van der Waals surface area contributed by atoms with E-state index >= 15 is 0 Å². The molecule has 0 spiro atoms. The Hall–Kier alpha value is -2.64. The molecule has 3 heterocycles. The summed E-state index contributed by atoms with van der Waals surface area (Å²) in [5.41, 5.74) is 1.97. The normalized spacial score (nSPS) is 14.7. The minimum Gasteiger partial charge on any atom is -0.337 e. The number of amides is 2. The number of anilines is 1. The van der Waals surface area contributed by atoms with Crippen molar-refractivity contribution in [1.29, 1.82) is 0 Å². The summed E-state index contributed by atoms with van der Waals surface area (Å²) in [5, 5.41) is 11.1. The fourth-order valence-corrected chi connectivity index (χ4v) is 3.04. The van der Waals surface area contributed by atoms with Crippen molar-refractivity contribution in [2.75, 3.05) is 18.4 Å². The number of hydrogen-bond donors (Lipinski definition) is 1. The Morgan fingerprint density at radius 2 is 1.88 bits per heavy atom. The maximum atomic E-state index is 12.8. The number of piperidine rings is 1. The van der Waals surface area contributed by atoms with Gasteiger partial charge in [0.05, 0.1) is 23.1 Å². The van der Waals surface area contributed by atoms with Crippen LogP contribution in [0, 0.1) is 6.92 Å². The highest BCUT2D eigenvalue weighted by Gasteiger charge is 2.25. The predicted octanol–water partition coefficient (Wildman–Crippen LogP) is 1.34. The van der Waals surface area contributed by atoms with Crippen LogP contribution < -0.4 is 5.32 Å². The van der Waals surface area contributed by atoms with Crippen molar-refractivity contribution in [2.45, 2.75) is 26.2 Å². The number of nitrogens with one attached hydrogen (secondary N) is 1. The number of rotatable bonds is 3. The van der Waals surface area contributed by atoms with E-state index in [0.29, 0.717) is 22.6 Å². The molecule has 0 aromatic carbocycles. The highest BCUT2D eigenvalue weighted by atomic mass is 16.2. The van der Waals surface area contributed by atoms with Crippen LogP contribution in [0.15, 0.2) is 12.4 Å². The minimum absolute atomic E-state index is 0.0899. The van der Waals surface area contributed by atoms with Crippen molar-refractivity contribution in [1.82, 2.24) is 24.5 Å². The van der Waals surface area contributed by atoms with Crippen LogP contribution in [0.5, 0.6) is 0 Å². The van der Waals surface area contributed by atoms with E-state index in [4.69, 9.17) is 0 Å². The number of nitrogens with zero attached hydrogens (tertiary/aromatic N) is 5. The third-order valence-electron chi connectivity index (χ3n) is 4.29. The van der Waals surface area contributed by atoms with Gasteiger partial charge in [0.1, 0.15) is 5.69 Å². The zero-order valence-electron chi connectivity index (χ0n) is 14.2. The Balaban J connectivity index is 1.83. The van der Waals surface area contributed by atoms with E-state index < -0.39 is 0 Å². The summed E-state index contributed by atoms with van der Waals surface area (Å²) in [6.45, 7) is 3.27. The van der Waals surface area contributed by atoms with Crippen LogP contribution in [-0.4, -0.2) is 49.4 Å². The van der Waals surface area contributed by atoms with Crippen LogP contribution in [0.4, 0.5) is 5.69 Å². The molecule has 0 atom stereocenters. The molecular weight excluding hydrogens is 308 g/mol. The first-order chi connectivity index (χ1) is 11.5. The van der Waals surface area contributed by atoms with Gasteiger partial charge < -0.3 is 10.2 Å². The van der Waals surface area contributed by atoms with Crippen LogP contribution in [0.25, 0.3) is 0 Å². The molecule has 0 saturated carbocycles. The van der Waals surface area contributed by atoms with Crippen LogP contribution >= 0.6 is 0 Å². The maximum Gasteiger partial charge on any atom is 0.274 e. The maximum absolute atomic E-state index is 12.8. The van der Waals surface area contributed by atoms with E-state index in [1.165, 1.54) is 10.9 Å². The molecule has 1 N–H and O–H groups in total. The smallest absolute Gasteiger partial charge is 0.274 e. The van der Waals surface area contributed by atoms with Gasteiger partial charge in [0.25, 0.3) is 11.8 Å². The quantitative estimate of drug-likeness (QED) is 0.920. The van der Waals surface area contributed by atoms with Gasteiger partial charge in [-0.2, -0.15) is 10.2 Å². The topological polar surface area (TPSA) is 85.0 Å². The van der Waals surface area contributed by atoms with Gasteiger partial charge in [-0.15, -0.1) is 0 Å². The lowest BCUT2D eigenvalue weighted by Crippen LogP contribution is -2.37. The zero-order valence-corrected chi connectivity index (χ0v) is 14.2. The molecule has 2 aromatic heterocycles. The van der Waals surface area contributed by atoms with Crippen molar-refractivity contribution in [3.05, 3.63) is 29.3 Å². The van der Waals surface area contributed by atoms with Crippen molar-refractivity contribution >= 4 is 17.5 Å². The van der Waals surface area contributed by atoms with E-state index in [0.717, 1.165) is 32.4 Å². The largest absolute Gasteiger partial charge is 0.337 e. The third-order valence-corrected chi connectivity index (χ3v) is 4.29. The van der Waals surface area contributed by atoms with Gasteiger partial charge in [0.2, 0.25) is 0 Å². The van der Waals surface area contributed by atoms with Gasteiger partial charge in [-0.05, 0) is 26.2 Å². The lowest BCUT2D eigenvalue weighted by molar-refractivity contribution is 0.0714. The molecule has 1 aliphatic rings. The number of carbonyl (C=O) groups is 2. The monoisotopic (exact) mass is 330 g/mol. The number of likely N-dealkylation sites (tertiary alicyclic amines) is 1. The Kier molecular flexibility index (Phi) is 4.37. The van der Waals surface area contributed by atoms with Gasteiger partial charge in [0, 0.05) is 33.4 Å². The Morgan fingerprint density at radius 1 is 1.17 bits per heavy atom. The molecule has 0 bridgehead atoms. The molecule has 24 heavy (non-hydrogen) atoms. The lowest BCUT2D eigenvalue weighted by Gasteiger charge is -2.27. The van der Waals surface area contributed by atoms with Crippen LogP contribution in [0.2, 0.25) is 0 Å². The number of hydrogen-bond acceptors (Lipinski definition) is 4. The number of carbonyl (C=O) groups excluding carboxylic acids is 2. The molecule has 0 aliphatic carbocycles. The Bertz CT molecular complexity index is 770. The van der Waals surface area contributed by atoms with E-state index in [2.05, 4.69) is 15.5 Å². The number of aromatic nitrogens is 4. The second kappa shape index (κ2) is 6.46. The fourth-order valence-electron chi connectivity index (χ4n) is 3.04. The average Bonchev–Trinajstić information content (AvgIpc) is 3.09. The average molecular weight is 330 g/mol. The standard InChI is InChI=1S/C16H22N6O2/c1-11-12(10-20(2)19-11)15(23)18-13-9-17-21(3)14(13)16(24)22-7-5-4-6-8-22/h9-10H,4-8H2,1-3H3,(H,18,23). The second-order valence-corrected chi connectivity index (χ2v) is 6.14. The molecule has 128 valence electrons. The minimum atomic E-state index is -0.290. The summed E-state index contributed by atoms with van der Waals surface area (Å²) < 4.78 is 3.11. The van der Waals surface area contributed by atoms with E-state index in [1.807, 2.05) is 4.90 Å². The molecule has 0 radical (unpaired) electrons. The molecule has 8 nitrogen and oxygen atoms in total. The summed E-state index contributed by atoms with van der Waals surface area (Å²) in [6, 6.07) is 0. The lowest BCUT2D eigenvalue weighted by atomic mass is 10.1. The van der Waals surface area contributed by atoms with Crippen molar-refractivity contribution in [2.24, 2.45) is 14.1 Å². The van der Waals surface area contributed by atoms with E-state index in [1.54, 1.807) is 31.9 Å². The molecule has 0 unspecified atom stereocenters. The first-order valence-corrected chi connectivity index (χ1v) is 8.10. The molecule has 1 aliphatic heterocycles. The van der Waals surface area contributed by atoms with E-state index in [-0.39, 0.29) is 11.8 Å². The van der Waals surface area contributed by atoms with Gasteiger partial charge >= 0.3 is 0 Å². The number of aryl methyl sites for hydroxylation is 3. The first kappa shape index (κ1) is 16.2. The highest BCUT2D eigenvalue weighted by Crippen LogP contribution is 2.20. The van der Waals surface area contributed by atoms with Gasteiger partial charge in [0.15, 0.2) is 0 Å². The van der Waals surface area contributed by atoms with Crippen LogP contribution in [-0.2, 0) is 14.1 Å². The summed E-state index contributed by atoms with van der Waals surface area (Å²) in [5.74, 6) is -0.380. The van der Waals surface area contributed by atoms with Crippen molar-refractivity contribution in [3.63, 3.8) is 0 Å². The SMILES string of the molecule is Cc1nn(C)cc1C(=O)Nc1cnn(C)c1C(=O)N1CCCCC1. The predicted molar refractivity (Wildman–Crippen MR) is 88.9 cm³/mol. The third kappa shape index (κ3) is 3.04. The molecule has 1 saturated heterocycles. The molecule has 1 fully saturated rings. The molecular formula is C16H22N6O2. The first-order valence-electron chi connectivity index (χ1n) is 8.10. The highest BCUT2D eigenvalue weighted by molar-refractivity contribution is 6.08. The summed E-state index contributed by atoms with van der Waals surface area (Å²) >= 11 is 0. The van der Waals surface area contributed by atoms with E-state index in [9.17, 15) is 9.59 Å². The van der Waals surface area contributed by atoms with Crippen LogP contribution in [0.3, 0.4) is 0 Å². The van der Waals surface area contributed by atoms with Crippen molar-refractivity contribution in [3.8, 4) is 0 Å². The Morgan fingerprint density at radius 3 is 2.50 bits per heavy atom. The van der Waals surface area contributed by atoms with Gasteiger partial charge in [-0.3, -0.25) is 19.0 Å². The molecule has 3 rings (SSSR count). The van der Waals surface area contributed by atoms with Crippen LogP contribution in [0.1, 0.15) is 45.8 Å². The summed E-state index contributed by atoms with van der Waals surface area (Å²) in [7, 11) is 3.47. The summed E-state index contributed by atoms with van der Waals surface area (Å²) in [6.07, 6.45) is 6.35. The van der Waals surface area contributed by atoms with Gasteiger partial charge in [-0.25, -0.2) is 0 Å². The second-order valence-electron chi connectivity index (χ2n) is 6.14. The molecule has 8 heteroatoms. The summed E-state index contributed by atoms with van der Waals surface area (Å²) in [4.78, 5) is 27.1. The van der Waals surface area contributed by atoms with Crippen molar-refractivity contribution < 1.29 is 9.59 Å². The molecule has 2 aromatic rings. The van der Waals surface area contributed by atoms with Gasteiger partial charge in [-0.1, -0.05) is 0 Å². The Labute approximate surface area is 140 Å².